The van der Waals surface area contributed by atoms with E-state index in [1.165, 1.54) is 33.4 Å². The van der Waals surface area contributed by atoms with Crippen molar-refractivity contribution < 1.29 is 0 Å². The average molecular weight is 314 g/mol. The van der Waals surface area contributed by atoms with Crippen molar-refractivity contribution in [3.63, 3.8) is 0 Å². The van der Waals surface area contributed by atoms with Crippen LogP contribution in [0.5, 0.6) is 0 Å². The fraction of sp³-hybridized carbons (Fsp3) is 0.333. The second kappa shape index (κ2) is 6.09. The summed E-state index contributed by atoms with van der Waals surface area (Å²) < 4.78 is 0. The van der Waals surface area contributed by atoms with Gasteiger partial charge in [0.25, 0.3) is 0 Å². The first kappa shape index (κ1) is 15.4. The molecule has 0 amide bonds. The van der Waals surface area contributed by atoms with E-state index in [-0.39, 0.29) is 0 Å². The van der Waals surface area contributed by atoms with Crippen LogP contribution in [0.25, 0.3) is 12.2 Å². The Hall–Kier alpha value is -2.08. The second-order valence-electron chi connectivity index (χ2n) is 7.21. The molecule has 0 bridgehead atoms. The van der Waals surface area contributed by atoms with Crippen LogP contribution in [0.1, 0.15) is 66.0 Å². The van der Waals surface area contributed by atoms with E-state index >= 15 is 0 Å². The minimum atomic E-state index is 0.525. The monoisotopic (exact) mass is 314 g/mol. The van der Waals surface area contributed by atoms with Gasteiger partial charge in [-0.15, -0.1) is 0 Å². The average Bonchev–Trinajstić information content (AvgIpc) is 3.23. The maximum Gasteiger partial charge on any atom is 0.00618 e. The smallest absolute Gasteiger partial charge is 0.00618 e. The Bertz CT molecular complexity index is 822. The number of fused-ring (bicyclic) bond motifs is 2. The lowest BCUT2D eigenvalue weighted by atomic mass is 9.77. The molecule has 0 radical (unpaired) electrons. The highest BCUT2D eigenvalue weighted by molar-refractivity contribution is 5.66. The Morgan fingerprint density at radius 3 is 2.17 bits per heavy atom. The third-order valence-electron chi connectivity index (χ3n) is 5.98. The molecule has 2 aromatic rings. The first-order valence-electron chi connectivity index (χ1n) is 9.34. The van der Waals surface area contributed by atoms with Crippen LogP contribution in [-0.4, -0.2) is 0 Å². The van der Waals surface area contributed by atoms with Gasteiger partial charge < -0.3 is 0 Å². The predicted molar refractivity (Wildman–Crippen MR) is 104 cm³/mol. The number of rotatable bonds is 4. The van der Waals surface area contributed by atoms with Gasteiger partial charge in [0, 0.05) is 11.8 Å². The molecule has 0 N–H and O–H groups in total. The maximum absolute atomic E-state index is 2.49. The van der Waals surface area contributed by atoms with E-state index in [9.17, 15) is 0 Å². The molecule has 2 aliphatic carbocycles. The summed E-state index contributed by atoms with van der Waals surface area (Å²) in [4.78, 5) is 0. The first-order chi connectivity index (χ1) is 11.7. The summed E-state index contributed by atoms with van der Waals surface area (Å²) in [6, 6.07) is 13.8. The third-order valence-corrected chi connectivity index (χ3v) is 5.98. The lowest BCUT2D eigenvalue weighted by Crippen LogP contribution is -2.14. The lowest BCUT2D eigenvalue weighted by Gasteiger charge is -2.26. The van der Waals surface area contributed by atoms with E-state index in [1.807, 2.05) is 0 Å². The molecular weight excluding hydrogens is 288 g/mol. The molecule has 2 aliphatic rings. The minimum Gasteiger partial charge on any atom is -0.0761 e. The summed E-state index contributed by atoms with van der Waals surface area (Å²) in [6.45, 7) is 6.96. The number of benzene rings is 2. The molecule has 0 nitrogen and oxygen atoms in total. The van der Waals surface area contributed by atoms with Gasteiger partial charge in [0.1, 0.15) is 0 Å². The summed E-state index contributed by atoms with van der Waals surface area (Å²) in [5.74, 6) is 1.63. The second-order valence-corrected chi connectivity index (χ2v) is 7.21. The third kappa shape index (κ3) is 2.36. The van der Waals surface area contributed by atoms with Crippen molar-refractivity contribution in [2.24, 2.45) is 5.92 Å². The highest BCUT2D eigenvalue weighted by atomic mass is 14.3. The van der Waals surface area contributed by atoms with Crippen LogP contribution in [0, 0.1) is 5.92 Å². The lowest BCUT2D eigenvalue weighted by molar-refractivity contribution is 0.482. The van der Waals surface area contributed by atoms with Crippen molar-refractivity contribution in [1.29, 1.82) is 0 Å². The van der Waals surface area contributed by atoms with E-state index in [2.05, 4.69) is 81.5 Å². The summed E-state index contributed by atoms with van der Waals surface area (Å²) >= 11 is 0. The van der Waals surface area contributed by atoms with Gasteiger partial charge in [-0.1, -0.05) is 81.5 Å². The number of allylic oxidation sites excluding steroid dienone is 2. The van der Waals surface area contributed by atoms with Crippen LogP contribution >= 0.6 is 0 Å². The molecule has 0 saturated heterocycles. The van der Waals surface area contributed by atoms with Crippen LogP contribution < -0.4 is 0 Å². The predicted octanol–water partition coefficient (Wildman–Crippen LogP) is 6.37. The van der Waals surface area contributed by atoms with Gasteiger partial charge >= 0.3 is 0 Å². The van der Waals surface area contributed by atoms with E-state index in [0.717, 1.165) is 12.8 Å². The normalized spacial score (nSPS) is 21.8. The fourth-order valence-corrected chi connectivity index (χ4v) is 4.55. The van der Waals surface area contributed by atoms with E-state index in [4.69, 9.17) is 0 Å². The van der Waals surface area contributed by atoms with E-state index in [1.54, 1.807) is 0 Å². The van der Waals surface area contributed by atoms with Crippen LogP contribution in [0.3, 0.4) is 0 Å². The minimum absolute atomic E-state index is 0.525. The largest absolute Gasteiger partial charge is 0.0761 e. The number of hydrogen-bond acceptors (Lipinski definition) is 0. The standard InChI is InChI=1S/C24H26/c1-4-17-14-20-11-13-22(24(20)15-18(17)5-2)16(3)21-12-10-19-8-6-7-9-23(19)21/h6-16,21-22H,4-5H2,1-3H3. The zero-order valence-corrected chi connectivity index (χ0v) is 14.9. The molecule has 2 aromatic carbocycles. The number of aryl methyl sites for hydroxylation is 2. The van der Waals surface area contributed by atoms with Crippen molar-refractivity contribution in [3.05, 3.63) is 81.9 Å². The molecule has 0 spiro atoms. The Morgan fingerprint density at radius 1 is 0.792 bits per heavy atom. The van der Waals surface area contributed by atoms with Crippen molar-refractivity contribution in [1.82, 2.24) is 0 Å². The molecule has 0 aromatic heterocycles. The maximum atomic E-state index is 2.49. The van der Waals surface area contributed by atoms with Gasteiger partial charge in [0.2, 0.25) is 0 Å². The van der Waals surface area contributed by atoms with Crippen molar-refractivity contribution >= 4 is 12.2 Å². The molecule has 0 heteroatoms. The molecule has 0 aliphatic heterocycles. The summed E-state index contributed by atoms with van der Waals surface area (Å²) in [5, 5.41) is 0. The molecule has 24 heavy (non-hydrogen) atoms. The Balaban J connectivity index is 1.69. The van der Waals surface area contributed by atoms with Gasteiger partial charge in [0.05, 0.1) is 0 Å². The summed E-state index contributed by atoms with van der Waals surface area (Å²) in [6.07, 6.45) is 11.7. The van der Waals surface area contributed by atoms with E-state index in [0.29, 0.717) is 17.8 Å². The van der Waals surface area contributed by atoms with E-state index < -0.39 is 0 Å². The van der Waals surface area contributed by atoms with Crippen LogP contribution in [0.15, 0.2) is 48.6 Å². The Labute approximate surface area is 145 Å². The van der Waals surface area contributed by atoms with Crippen molar-refractivity contribution in [2.75, 3.05) is 0 Å². The quantitative estimate of drug-likeness (QED) is 0.615. The molecule has 3 unspecified atom stereocenters. The SMILES string of the molecule is CCc1cc2c(cc1CC)C(C(C)C1C=Cc3ccccc31)C=C2. The highest BCUT2D eigenvalue weighted by Crippen LogP contribution is 2.46. The van der Waals surface area contributed by atoms with Crippen LogP contribution in [-0.2, 0) is 12.8 Å². The van der Waals surface area contributed by atoms with Gasteiger partial charge in [-0.3, -0.25) is 0 Å². The highest BCUT2D eigenvalue weighted by Gasteiger charge is 2.31. The van der Waals surface area contributed by atoms with Crippen LogP contribution in [0.2, 0.25) is 0 Å². The summed E-state index contributed by atoms with van der Waals surface area (Å²) in [5.41, 5.74) is 8.91. The van der Waals surface area contributed by atoms with Gasteiger partial charge in [-0.25, -0.2) is 0 Å². The van der Waals surface area contributed by atoms with Crippen molar-refractivity contribution in [2.45, 2.75) is 45.4 Å². The van der Waals surface area contributed by atoms with Crippen LogP contribution in [0.4, 0.5) is 0 Å². The topological polar surface area (TPSA) is 0 Å². The zero-order valence-electron chi connectivity index (χ0n) is 14.9. The molecule has 3 atom stereocenters. The first-order valence-corrected chi connectivity index (χ1v) is 9.34. The molecule has 122 valence electrons. The summed E-state index contributed by atoms with van der Waals surface area (Å²) in [7, 11) is 0. The fourth-order valence-electron chi connectivity index (χ4n) is 4.55. The van der Waals surface area contributed by atoms with Gasteiger partial charge in [-0.05, 0) is 52.1 Å². The molecular formula is C24H26. The van der Waals surface area contributed by atoms with Crippen molar-refractivity contribution in [3.8, 4) is 0 Å². The number of hydrogen-bond donors (Lipinski definition) is 0. The molecule has 4 rings (SSSR count). The zero-order chi connectivity index (χ0) is 16.7. The Morgan fingerprint density at radius 2 is 1.42 bits per heavy atom. The van der Waals surface area contributed by atoms with Gasteiger partial charge in [0.15, 0.2) is 0 Å². The molecule has 0 saturated carbocycles. The molecule has 0 heterocycles. The molecule has 0 fully saturated rings. The van der Waals surface area contributed by atoms with Gasteiger partial charge in [-0.2, -0.15) is 0 Å². The Kier molecular flexibility index (Phi) is 3.92.